The minimum Gasteiger partial charge on any atom is -0.316 e. The van der Waals surface area contributed by atoms with Gasteiger partial charge in [0.25, 0.3) is 14.7 Å². The Morgan fingerprint density at radius 2 is 0.692 bits per heavy atom. The highest BCUT2D eigenvalue weighted by Gasteiger charge is 2.38. The SMILES string of the molecule is CC(C)(CCCC(C)(C)OP(=O)(c1ccccc1)c1ccccc1)OP(=O)(c1ccccc1)c1ccccc1. The maximum Gasteiger partial charge on any atom is 0.261 e. The van der Waals surface area contributed by atoms with E-state index in [9.17, 15) is 9.13 Å². The van der Waals surface area contributed by atoms with Gasteiger partial charge in [-0.2, -0.15) is 0 Å². The van der Waals surface area contributed by atoms with Gasteiger partial charge in [-0.15, -0.1) is 0 Å². The van der Waals surface area contributed by atoms with E-state index in [1.54, 1.807) is 0 Å². The van der Waals surface area contributed by atoms with Crippen molar-refractivity contribution in [2.45, 2.75) is 58.2 Å². The lowest BCUT2D eigenvalue weighted by Gasteiger charge is -2.34. The number of rotatable bonds is 12. The summed E-state index contributed by atoms with van der Waals surface area (Å²) >= 11 is 0. The van der Waals surface area contributed by atoms with Crippen LogP contribution in [0.4, 0.5) is 0 Å². The standard InChI is InChI=1S/C33H38O4P2/c1-32(2,36-38(34,28-18-9-5-10-19-28)29-20-11-6-12-21-29)26-17-27-33(3,4)37-39(35,30-22-13-7-14-23-30)31-24-15-8-16-25-31/h5-16,18-25H,17,26-27H2,1-4H3. The summed E-state index contributed by atoms with van der Waals surface area (Å²) in [6.45, 7) is 7.94. The Bertz CT molecular complexity index is 1220. The highest BCUT2D eigenvalue weighted by Crippen LogP contribution is 2.51. The van der Waals surface area contributed by atoms with Crippen LogP contribution in [0.3, 0.4) is 0 Å². The molecule has 4 rings (SSSR count). The molecule has 0 aliphatic carbocycles. The van der Waals surface area contributed by atoms with E-state index in [0.29, 0.717) is 34.1 Å². The van der Waals surface area contributed by atoms with E-state index >= 15 is 0 Å². The van der Waals surface area contributed by atoms with E-state index < -0.39 is 25.9 Å². The van der Waals surface area contributed by atoms with Crippen LogP contribution in [0, 0.1) is 0 Å². The molecule has 0 unspecified atom stereocenters. The van der Waals surface area contributed by atoms with Crippen molar-refractivity contribution in [3.8, 4) is 0 Å². The van der Waals surface area contributed by atoms with Gasteiger partial charge in [-0.3, -0.25) is 9.13 Å². The van der Waals surface area contributed by atoms with Crippen LogP contribution >= 0.6 is 14.7 Å². The summed E-state index contributed by atoms with van der Waals surface area (Å²) in [4.78, 5) is 0. The molecule has 0 spiro atoms. The van der Waals surface area contributed by atoms with Crippen molar-refractivity contribution >= 4 is 36.0 Å². The smallest absolute Gasteiger partial charge is 0.261 e. The molecule has 4 nitrogen and oxygen atoms in total. The monoisotopic (exact) mass is 560 g/mol. The molecular formula is C33H38O4P2. The van der Waals surface area contributed by atoms with Crippen LogP contribution in [-0.4, -0.2) is 11.2 Å². The summed E-state index contributed by atoms with van der Waals surface area (Å²) in [6, 6.07) is 37.7. The van der Waals surface area contributed by atoms with Crippen LogP contribution in [0.1, 0.15) is 47.0 Å². The van der Waals surface area contributed by atoms with Crippen LogP contribution in [0.2, 0.25) is 0 Å². The molecule has 0 atom stereocenters. The number of hydrogen-bond acceptors (Lipinski definition) is 4. The molecule has 0 saturated carbocycles. The zero-order chi connectivity index (χ0) is 28.0. The van der Waals surface area contributed by atoms with Gasteiger partial charge in [0.1, 0.15) is 0 Å². The van der Waals surface area contributed by atoms with E-state index in [4.69, 9.17) is 9.05 Å². The van der Waals surface area contributed by atoms with Crippen molar-refractivity contribution < 1.29 is 18.2 Å². The molecule has 6 heteroatoms. The third-order valence-corrected chi connectivity index (χ3v) is 12.1. The summed E-state index contributed by atoms with van der Waals surface area (Å²) in [5.41, 5.74) is -1.33. The lowest BCUT2D eigenvalue weighted by Crippen LogP contribution is -2.32. The molecule has 0 bridgehead atoms. The number of hydrogen-bond donors (Lipinski definition) is 0. The van der Waals surface area contributed by atoms with Crippen molar-refractivity contribution in [3.63, 3.8) is 0 Å². The molecule has 4 aromatic rings. The van der Waals surface area contributed by atoms with E-state index in [1.807, 2.05) is 149 Å². The topological polar surface area (TPSA) is 52.6 Å². The van der Waals surface area contributed by atoms with Gasteiger partial charge in [0.05, 0.1) is 11.2 Å². The molecule has 0 N–H and O–H groups in total. The zero-order valence-electron chi connectivity index (χ0n) is 23.2. The molecule has 204 valence electrons. The Hall–Kier alpha value is -2.74. The van der Waals surface area contributed by atoms with Gasteiger partial charge >= 0.3 is 0 Å². The molecule has 0 saturated heterocycles. The Kier molecular flexibility index (Phi) is 9.14. The van der Waals surface area contributed by atoms with Crippen LogP contribution < -0.4 is 21.2 Å². The molecular weight excluding hydrogens is 522 g/mol. The van der Waals surface area contributed by atoms with Crippen molar-refractivity contribution in [2.75, 3.05) is 0 Å². The van der Waals surface area contributed by atoms with Gasteiger partial charge < -0.3 is 9.05 Å². The molecule has 0 fully saturated rings. The fourth-order valence-corrected chi connectivity index (χ4v) is 9.58. The molecule has 0 radical (unpaired) electrons. The maximum absolute atomic E-state index is 14.4. The highest BCUT2D eigenvalue weighted by molar-refractivity contribution is 7.74. The van der Waals surface area contributed by atoms with Crippen molar-refractivity contribution in [1.82, 2.24) is 0 Å². The summed E-state index contributed by atoms with van der Waals surface area (Å²) in [5.74, 6) is 0. The zero-order valence-corrected chi connectivity index (χ0v) is 25.0. The van der Waals surface area contributed by atoms with Gasteiger partial charge in [-0.1, -0.05) is 72.8 Å². The lowest BCUT2D eigenvalue weighted by molar-refractivity contribution is 0.0771. The first-order valence-electron chi connectivity index (χ1n) is 13.4. The third-order valence-electron chi connectivity index (χ3n) is 6.69. The predicted octanol–water partition coefficient (Wildman–Crippen LogP) is 7.61. The molecule has 4 aromatic carbocycles. The second-order valence-corrected chi connectivity index (χ2v) is 15.6. The molecule has 39 heavy (non-hydrogen) atoms. The fourth-order valence-electron chi connectivity index (χ4n) is 4.73. The first-order chi connectivity index (χ1) is 18.5. The summed E-state index contributed by atoms with van der Waals surface area (Å²) in [6.07, 6.45) is 2.06. The first-order valence-corrected chi connectivity index (χ1v) is 16.6. The first kappa shape index (κ1) is 29.2. The summed E-state index contributed by atoms with van der Waals surface area (Å²) < 4.78 is 41.8. The molecule has 0 aromatic heterocycles. The normalized spacial score (nSPS) is 12.8. The van der Waals surface area contributed by atoms with E-state index in [2.05, 4.69) is 0 Å². The second kappa shape index (κ2) is 12.2. The Morgan fingerprint density at radius 1 is 0.462 bits per heavy atom. The average Bonchev–Trinajstić information content (AvgIpc) is 2.94. The minimum absolute atomic E-state index is 0.657. The Morgan fingerprint density at radius 3 is 0.923 bits per heavy atom. The molecule has 0 amide bonds. The van der Waals surface area contributed by atoms with Gasteiger partial charge in [0.15, 0.2) is 0 Å². The Balaban J connectivity index is 1.49. The largest absolute Gasteiger partial charge is 0.316 e. The van der Waals surface area contributed by atoms with Gasteiger partial charge in [-0.05, 0) is 95.5 Å². The average molecular weight is 561 g/mol. The fraction of sp³-hybridized carbons (Fsp3) is 0.273. The molecule has 0 heterocycles. The van der Waals surface area contributed by atoms with Gasteiger partial charge in [-0.25, -0.2) is 0 Å². The van der Waals surface area contributed by atoms with Crippen LogP contribution in [-0.2, 0) is 18.2 Å². The van der Waals surface area contributed by atoms with E-state index in [0.717, 1.165) is 6.42 Å². The molecule has 0 aliphatic rings. The van der Waals surface area contributed by atoms with Crippen LogP contribution in [0.25, 0.3) is 0 Å². The lowest BCUT2D eigenvalue weighted by atomic mass is 9.95. The summed E-state index contributed by atoms with van der Waals surface area (Å²) in [5, 5.41) is 2.72. The Labute approximate surface area is 233 Å². The minimum atomic E-state index is -3.32. The van der Waals surface area contributed by atoms with Crippen molar-refractivity contribution in [2.24, 2.45) is 0 Å². The van der Waals surface area contributed by atoms with E-state index in [1.165, 1.54) is 0 Å². The van der Waals surface area contributed by atoms with E-state index in [-0.39, 0.29) is 0 Å². The van der Waals surface area contributed by atoms with Crippen molar-refractivity contribution in [1.29, 1.82) is 0 Å². The number of benzene rings is 4. The predicted molar refractivity (Wildman–Crippen MR) is 164 cm³/mol. The van der Waals surface area contributed by atoms with Gasteiger partial charge in [0.2, 0.25) is 0 Å². The maximum atomic E-state index is 14.4. The van der Waals surface area contributed by atoms with Gasteiger partial charge in [0, 0.05) is 21.2 Å². The van der Waals surface area contributed by atoms with Crippen LogP contribution in [0.5, 0.6) is 0 Å². The summed E-state index contributed by atoms with van der Waals surface area (Å²) in [7, 11) is -6.63. The second-order valence-electron chi connectivity index (χ2n) is 11.0. The van der Waals surface area contributed by atoms with Crippen LogP contribution in [0.15, 0.2) is 121 Å². The quantitative estimate of drug-likeness (QED) is 0.167. The highest BCUT2D eigenvalue weighted by atomic mass is 31.2. The third kappa shape index (κ3) is 7.27. The molecule has 0 aliphatic heterocycles. The van der Waals surface area contributed by atoms with Crippen molar-refractivity contribution in [3.05, 3.63) is 121 Å².